The highest BCUT2D eigenvalue weighted by Crippen LogP contribution is 2.00. The summed E-state index contributed by atoms with van der Waals surface area (Å²) in [5.74, 6) is 0. The third kappa shape index (κ3) is 14.2. The first-order chi connectivity index (χ1) is 5.66. The molecule has 0 saturated carbocycles. The molecule has 0 aromatic heterocycles. The molecule has 0 aliphatic carbocycles. The van der Waals surface area contributed by atoms with Gasteiger partial charge in [0.15, 0.2) is 0 Å². The van der Waals surface area contributed by atoms with Crippen molar-refractivity contribution in [3.8, 4) is 0 Å². The van der Waals surface area contributed by atoms with Gasteiger partial charge in [-0.15, -0.1) is 0 Å². The van der Waals surface area contributed by atoms with E-state index in [2.05, 4.69) is 13.5 Å². The van der Waals surface area contributed by atoms with E-state index in [1.165, 1.54) is 0 Å². The first kappa shape index (κ1) is 19.3. The molecule has 0 saturated heterocycles. The van der Waals surface area contributed by atoms with Gasteiger partial charge in [0.05, 0.1) is 12.7 Å². The molecule has 88 valence electrons. The number of hydrogen-bond acceptors (Lipinski definition) is 2. The fourth-order valence-corrected chi connectivity index (χ4v) is 0.837. The lowest BCUT2D eigenvalue weighted by atomic mass is 10.2. The molecular formula is C12H28O2. The van der Waals surface area contributed by atoms with Crippen LogP contribution in [0.5, 0.6) is 0 Å². The standard InChI is InChI=1S/C10H20O2.2CH4/c1-9(2)8-12-7-5-6-10(3)11-4;;/h10H,1,5-8H2,2-4H3;2*1H4. The van der Waals surface area contributed by atoms with E-state index in [0.717, 1.165) is 25.0 Å². The van der Waals surface area contributed by atoms with Crippen LogP contribution < -0.4 is 0 Å². The first-order valence-electron chi connectivity index (χ1n) is 4.41. The fraction of sp³-hybridized carbons (Fsp3) is 0.833. The maximum atomic E-state index is 5.33. The Morgan fingerprint density at radius 2 is 1.93 bits per heavy atom. The lowest BCUT2D eigenvalue weighted by Gasteiger charge is -2.08. The lowest BCUT2D eigenvalue weighted by Crippen LogP contribution is -2.06. The summed E-state index contributed by atoms with van der Waals surface area (Å²) in [6.07, 6.45) is 2.47. The molecule has 2 nitrogen and oxygen atoms in total. The molecular weight excluding hydrogens is 176 g/mol. The summed E-state index contributed by atoms with van der Waals surface area (Å²) < 4.78 is 10.4. The largest absolute Gasteiger partial charge is 0.382 e. The average molecular weight is 204 g/mol. The van der Waals surface area contributed by atoms with Crippen LogP contribution in [0.2, 0.25) is 0 Å². The summed E-state index contributed by atoms with van der Waals surface area (Å²) in [7, 11) is 1.74. The molecule has 0 amide bonds. The second kappa shape index (κ2) is 12.7. The third-order valence-corrected chi connectivity index (χ3v) is 1.65. The molecule has 1 unspecified atom stereocenters. The number of ether oxygens (including phenoxy) is 2. The minimum absolute atomic E-state index is 0. The van der Waals surface area contributed by atoms with Gasteiger partial charge in [0, 0.05) is 13.7 Å². The highest BCUT2D eigenvalue weighted by Gasteiger charge is 1.97. The monoisotopic (exact) mass is 204 g/mol. The van der Waals surface area contributed by atoms with Gasteiger partial charge in [-0.2, -0.15) is 0 Å². The summed E-state index contributed by atoms with van der Waals surface area (Å²) in [6.45, 7) is 9.28. The first-order valence-corrected chi connectivity index (χ1v) is 4.41. The topological polar surface area (TPSA) is 18.5 Å². The molecule has 0 bridgehead atoms. The van der Waals surface area contributed by atoms with Crippen LogP contribution in [-0.4, -0.2) is 26.4 Å². The zero-order valence-corrected chi connectivity index (χ0v) is 8.43. The highest BCUT2D eigenvalue weighted by molar-refractivity contribution is 4.87. The van der Waals surface area contributed by atoms with E-state index >= 15 is 0 Å². The zero-order chi connectivity index (χ0) is 9.40. The van der Waals surface area contributed by atoms with E-state index in [1.54, 1.807) is 7.11 Å². The maximum Gasteiger partial charge on any atom is 0.0671 e. The quantitative estimate of drug-likeness (QED) is 0.465. The number of rotatable bonds is 7. The zero-order valence-electron chi connectivity index (χ0n) is 8.43. The Labute approximate surface area is 90.3 Å². The minimum Gasteiger partial charge on any atom is -0.382 e. The number of hydrogen-bond donors (Lipinski definition) is 0. The van der Waals surface area contributed by atoms with Gasteiger partial charge in [0.2, 0.25) is 0 Å². The van der Waals surface area contributed by atoms with Crippen molar-refractivity contribution < 1.29 is 9.47 Å². The van der Waals surface area contributed by atoms with Crippen LogP contribution in [0.3, 0.4) is 0 Å². The van der Waals surface area contributed by atoms with Crippen molar-refractivity contribution in [2.45, 2.75) is 47.6 Å². The van der Waals surface area contributed by atoms with Gasteiger partial charge in [-0.05, 0) is 26.7 Å². The number of methoxy groups -OCH3 is 1. The van der Waals surface area contributed by atoms with Crippen molar-refractivity contribution in [3.63, 3.8) is 0 Å². The molecule has 0 aliphatic heterocycles. The molecule has 1 atom stereocenters. The molecule has 0 aliphatic rings. The van der Waals surface area contributed by atoms with Crippen molar-refractivity contribution in [1.82, 2.24) is 0 Å². The molecule has 0 N–H and O–H groups in total. The van der Waals surface area contributed by atoms with Crippen molar-refractivity contribution in [1.29, 1.82) is 0 Å². The van der Waals surface area contributed by atoms with Crippen LogP contribution in [0, 0.1) is 0 Å². The van der Waals surface area contributed by atoms with Crippen molar-refractivity contribution in [3.05, 3.63) is 12.2 Å². The summed E-state index contributed by atoms with van der Waals surface area (Å²) in [4.78, 5) is 0. The molecule has 0 radical (unpaired) electrons. The van der Waals surface area contributed by atoms with E-state index in [4.69, 9.17) is 9.47 Å². The third-order valence-electron chi connectivity index (χ3n) is 1.65. The van der Waals surface area contributed by atoms with Gasteiger partial charge in [-0.25, -0.2) is 0 Å². The molecule has 2 heteroatoms. The summed E-state index contributed by atoms with van der Waals surface area (Å²) >= 11 is 0. The second-order valence-corrected chi connectivity index (χ2v) is 3.20. The van der Waals surface area contributed by atoms with Crippen LogP contribution >= 0.6 is 0 Å². The predicted octanol–water partition coefficient (Wildman–Crippen LogP) is 3.67. The summed E-state index contributed by atoms with van der Waals surface area (Å²) in [6, 6.07) is 0. The van der Waals surface area contributed by atoms with Crippen molar-refractivity contribution >= 4 is 0 Å². The van der Waals surface area contributed by atoms with Crippen molar-refractivity contribution in [2.75, 3.05) is 20.3 Å². The maximum absolute atomic E-state index is 5.33. The molecule has 0 rings (SSSR count). The Morgan fingerprint density at radius 3 is 2.36 bits per heavy atom. The van der Waals surface area contributed by atoms with Gasteiger partial charge in [0.25, 0.3) is 0 Å². The summed E-state index contributed by atoms with van der Waals surface area (Å²) in [5.41, 5.74) is 1.08. The van der Waals surface area contributed by atoms with E-state index < -0.39 is 0 Å². The minimum atomic E-state index is 0. The van der Waals surface area contributed by atoms with Gasteiger partial charge in [-0.1, -0.05) is 27.0 Å². The highest BCUT2D eigenvalue weighted by atomic mass is 16.5. The molecule has 14 heavy (non-hydrogen) atoms. The molecule has 0 aromatic carbocycles. The van der Waals surface area contributed by atoms with E-state index in [0.29, 0.717) is 12.7 Å². The van der Waals surface area contributed by atoms with Crippen LogP contribution in [-0.2, 0) is 9.47 Å². The van der Waals surface area contributed by atoms with Gasteiger partial charge in [0.1, 0.15) is 0 Å². The van der Waals surface area contributed by atoms with Crippen LogP contribution in [0.1, 0.15) is 41.5 Å². The average Bonchev–Trinajstić information content (AvgIpc) is 2.03. The van der Waals surface area contributed by atoms with E-state index in [9.17, 15) is 0 Å². The molecule has 0 spiro atoms. The summed E-state index contributed by atoms with van der Waals surface area (Å²) in [5, 5.41) is 0. The Bertz CT molecular complexity index is 121. The van der Waals surface area contributed by atoms with Crippen LogP contribution in [0.15, 0.2) is 12.2 Å². The van der Waals surface area contributed by atoms with Crippen LogP contribution in [0.4, 0.5) is 0 Å². The fourth-order valence-electron chi connectivity index (χ4n) is 0.837. The van der Waals surface area contributed by atoms with E-state index in [1.807, 2.05) is 6.92 Å². The second-order valence-electron chi connectivity index (χ2n) is 3.20. The van der Waals surface area contributed by atoms with Crippen LogP contribution in [0.25, 0.3) is 0 Å². The molecule has 0 heterocycles. The normalized spacial score (nSPS) is 11.1. The molecule has 0 aromatic rings. The predicted molar refractivity (Wildman–Crippen MR) is 64.8 cm³/mol. The molecule has 0 fully saturated rings. The Balaban J connectivity index is -0.000000605. The smallest absolute Gasteiger partial charge is 0.0671 e. The Kier molecular flexibility index (Phi) is 17.4. The Morgan fingerprint density at radius 1 is 1.36 bits per heavy atom. The van der Waals surface area contributed by atoms with Gasteiger partial charge >= 0.3 is 0 Å². The van der Waals surface area contributed by atoms with Gasteiger partial charge < -0.3 is 9.47 Å². The van der Waals surface area contributed by atoms with E-state index in [-0.39, 0.29) is 14.9 Å². The van der Waals surface area contributed by atoms with Crippen molar-refractivity contribution in [2.24, 2.45) is 0 Å². The Hall–Kier alpha value is -0.340. The van der Waals surface area contributed by atoms with Gasteiger partial charge in [-0.3, -0.25) is 0 Å². The SMILES string of the molecule is C.C.C=C(C)COCCCC(C)OC. The lowest BCUT2D eigenvalue weighted by molar-refractivity contribution is 0.0908.